The molecule has 1 aromatic carbocycles. The highest BCUT2D eigenvalue weighted by molar-refractivity contribution is 7.98. The number of rotatable bonds is 4. The Kier molecular flexibility index (Phi) is 3.68. The second-order valence-electron chi connectivity index (χ2n) is 3.64. The molecule has 90 valence electrons. The molecule has 0 unspecified atom stereocenters. The first kappa shape index (κ1) is 12.0. The Labute approximate surface area is 104 Å². The average Bonchev–Trinajstić information content (AvgIpc) is 2.78. The van der Waals surface area contributed by atoms with E-state index in [1.54, 1.807) is 24.2 Å². The summed E-state index contributed by atoms with van der Waals surface area (Å²) < 4.78 is 15.3. The van der Waals surface area contributed by atoms with Gasteiger partial charge < -0.3 is 10.3 Å². The molecule has 5 heteroatoms. The molecule has 0 atom stereocenters. The molecule has 2 rings (SSSR count). The molecule has 2 aromatic rings. The molecule has 17 heavy (non-hydrogen) atoms. The predicted octanol–water partition coefficient (Wildman–Crippen LogP) is 2.92. The Morgan fingerprint density at radius 1 is 1.47 bits per heavy atom. The van der Waals surface area contributed by atoms with Gasteiger partial charge in [0.2, 0.25) is 0 Å². The number of anilines is 1. The molecule has 3 nitrogen and oxygen atoms in total. The summed E-state index contributed by atoms with van der Waals surface area (Å²) in [5.41, 5.74) is 6.75. The van der Waals surface area contributed by atoms with Crippen LogP contribution in [0.15, 0.2) is 35.6 Å². The SMILES string of the molecule is CCn1cncc1CSc1ccc(N)c(F)c1. The summed E-state index contributed by atoms with van der Waals surface area (Å²) in [4.78, 5) is 4.97. The molecule has 0 saturated heterocycles. The van der Waals surface area contributed by atoms with Crippen molar-refractivity contribution in [2.45, 2.75) is 24.1 Å². The van der Waals surface area contributed by atoms with Crippen molar-refractivity contribution in [2.75, 3.05) is 5.73 Å². The number of nitrogens with zero attached hydrogens (tertiary/aromatic N) is 2. The maximum absolute atomic E-state index is 13.2. The second kappa shape index (κ2) is 5.23. The first-order valence-electron chi connectivity index (χ1n) is 5.37. The monoisotopic (exact) mass is 251 g/mol. The van der Waals surface area contributed by atoms with Crippen LogP contribution in [0.1, 0.15) is 12.6 Å². The molecule has 2 N–H and O–H groups in total. The lowest BCUT2D eigenvalue weighted by atomic mass is 10.3. The van der Waals surface area contributed by atoms with E-state index in [9.17, 15) is 4.39 Å². The van der Waals surface area contributed by atoms with Gasteiger partial charge in [-0.1, -0.05) is 0 Å². The van der Waals surface area contributed by atoms with Crippen LogP contribution in [-0.2, 0) is 12.3 Å². The van der Waals surface area contributed by atoms with Crippen molar-refractivity contribution in [2.24, 2.45) is 0 Å². The highest BCUT2D eigenvalue weighted by Gasteiger charge is 2.04. The van der Waals surface area contributed by atoms with Gasteiger partial charge in [-0.15, -0.1) is 11.8 Å². The van der Waals surface area contributed by atoms with E-state index in [4.69, 9.17) is 5.73 Å². The molecular weight excluding hydrogens is 237 g/mol. The number of aromatic nitrogens is 2. The van der Waals surface area contributed by atoms with E-state index in [-0.39, 0.29) is 11.5 Å². The molecule has 0 spiro atoms. The number of halogens is 1. The average molecular weight is 251 g/mol. The van der Waals surface area contributed by atoms with E-state index < -0.39 is 0 Å². The van der Waals surface area contributed by atoms with Crippen molar-refractivity contribution in [1.82, 2.24) is 9.55 Å². The smallest absolute Gasteiger partial charge is 0.147 e. The highest BCUT2D eigenvalue weighted by atomic mass is 32.2. The molecule has 0 aliphatic carbocycles. The number of hydrogen-bond donors (Lipinski definition) is 1. The molecule has 0 amide bonds. The molecule has 0 aliphatic heterocycles. The normalized spacial score (nSPS) is 10.7. The zero-order valence-electron chi connectivity index (χ0n) is 9.56. The van der Waals surface area contributed by atoms with Gasteiger partial charge in [-0.3, -0.25) is 0 Å². The summed E-state index contributed by atoms with van der Waals surface area (Å²) in [6, 6.07) is 4.89. The van der Waals surface area contributed by atoms with Gasteiger partial charge in [-0.05, 0) is 25.1 Å². The Morgan fingerprint density at radius 3 is 3.00 bits per heavy atom. The number of nitrogen functional groups attached to an aromatic ring is 1. The molecule has 0 saturated carbocycles. The molecule has 0 bridgehead atoms. The third kappa shape index (κ3) is 2.79. The highest BCUT2D eigenvalue weighted by Crippen LogP contribution is 2.25. The zero-order chi connectivity index (χ0) is 12.3. The van der Waals surface area contributed by atoms with Crippen LogP contribution in [-0.4, -0.2) is 9.55 Å². The van der Waals surface area contributed by atoms with Crippen LogP contribution in [0, 0.1) is 5.82 Å². The molecule has 0 aliphatic rings. The summed E-state index contributed by atoms with van der Waals surface area (Å²) in [6.07, 6.45) is 3.64. The number of aryl methyl sites for hydroxylation is 1. The maximum Gasteiger partial charge on any atom is 0.147 e. The first-order chi connectivity index (χ1) is 8.20. The summed E-state index contributed by atoms with van der Waals surface area (Å²) in [6.45, 7) is 2.96. The van der Waals surface area contributed by atoms with Gasteiger partial charge in [-0.25, -0.2) is 9.37 Å². The number of nitrogens with two attached hydrogens (primary N) is 1. The van der Waals surface area contributed by atoms with Crippen LogP contribution in [0.25, 0.3) is 0 Å². The number of benzene rings is 1. The van der Waals surface area contributed by atoms with E-state index in [1.165, 1.54) is 6.07 Å². The van der Waals surface area contributed by atoms with Crippen molar-refractivity contribution in [3.63, 3.8) is 0 Å². The van der Waals surface area contributed by atoms with Gasteiger partial charge in [0.15, 0.2) is 0 Å². The molecule has 1 aromatic heterocycles. The van der Waals surface area contributed by atoms with E-state index in [0.29, 0.717) is 0 Å². The fraction of sp³-hybridized carbons (Fsp3) is 0.250. The van der Waals surface area contributed by atoms with E-state index in [2.05, 4.69) is 16.5 Å². The molecule has 0 fully saturated rings. The van der Waals surface area contributed by atoms with Gasteiger partial charge in [0, 0.05) is 29.1 Å². The van der Waals surface area contributed by atoms with Crippen LogP contribution >= 0.6 is 11.8 Å². The second-order valence-corrected chi connectivity index (χ2v) is 4.69. The molecular formula is C12H14FN3S. The van der Waals surface area contributed by atoms with E-state index in [1.807, 2.05) is 12.3 Å². The van der Waals surface area contributed by atoms with Gasteiger partial charge in [-0.2, -0.15) is 0 Å². The van der Waals surface area contributed by atoms with Crippen LogP contribution < -0.4 is 5.73 Å². The van der Waals surface area contributed by atoms with Crippen molar-refractivity contribution in [1.29, 1.82) is 0 Å². The Hall–Kier alpha value is -1.49. The quantitative estimate of drug-likeness (QED) is 0.671. The zero-order valence-corrected chi connectivity index (χ0v) is 10.4. The first-order valence-corrected chi connectivity index (χ1v) is 6.36. The third-order valence-electron chi connectivity index (χ3n) is 2.50. The lowest BCUT2D eigenvalue weighted by Gasteiger charge is -2.05. The maximum atomic E-state index is 13.2. The fourth-order valence-corrected chi connectivity index (χ4v) is 2.41. The van der Waals surface area contributed by atoms with Crippen LogP contribution in [0.3, 0.4) is 0 Å². The minimum absolute atomic E-state index is 0.188. The molecule has 1 heterocycles. The Balaban J connectivity index is 2.05. The van der Waals surface area contributed by atoms with Gasteiger partial charge in [0.25, 0.3) is 0 Å². The van der Waals surface area contributed by atoms with Crippen molar-refractivity contribution >= 4 is 17.4 Å². The van der Waals surface area contributed by atoms with Crippen LogP contribution in [0.5, 0.6) is 0 Å². The minimum Gasteiger partial charge on any atom is -0.396 e. The van der Waals surface area contributed by atoms with E-state index in [0.717, 1.165) is 22.9 Å². The van der Waals surface area contributed by atoms with Crippen molar-refractivity contribution in [3.05, 3.63) is 42.2 Å². The largest absolute Gasteiger partial charge is 0.396 e. The Morgan fingerprint density at radius 2 is 2.29 bits per heavy atom. The lowest BCUT2D eigenvalue weighted by Crippen LogP contribution is -1.97. The number of hydrogen-bond acceptors (Lipinski definition) is 3. The van der Waals surface area contributed by atoms with E-state index >= 15 is 0 Å². The summed E-state index contributed by atoms with van der Waals surface area (Å²) in [7, 11) is 0. The summed E-state index contributed by atoms with van der Waals surface area (Å²) in [5, 5.41) is 0. The van der Waals surface area contributed by atoms with Crippen LogP contribution in [0.2, 0.25) is 0 Å². The van der Waals surface area contributed by atoms with Gasteiger partial charge in [0.05, 0.1) is 12.0 Å². The van der Waals surface area contributed by atoms with Crippen LogP contribution in [0.4, 0.5) is 10.1 Å². The standard InChI is InChI=1S/C12H14FN3S/c1-2-16-8-15-6-9(16)7-17-10-3-4-12(14)11(13)5-10/h3-6,8H,2,7,14H2,1H3. The minimum atomic E-state index is -0.362. The van der Waals surface area contributed by atoms with Crippen molar-refractivity contribution in [3.8, 4) is 0 Å². The summed E-state index contributed by atoms with van der Waals surface area (Å²) in [5.74, 6) is 0.413. The summed E-state index contributed by atoms with van der Waals surface area (Å²) >= 11 is 1.57. The topological polar surface area (TPSA) is 43.8 Å². The van der Waals surface area contributed by atoms with Crippen molar-refractivity contribution < 1.29 is 4.39 Å². The fourth-order valence-electron chi connectivity index (χ4n) is 1.51. The Bertz CT molecular complexity index is 510. The number of imidazole rings is 1. The van der Waals surface area contributed by atoms with Gasteiger partial charge >= 0.3 is 0 Å². The third-order valence-corrected chi connectivity index (χ3v) is 3.53. The lowest BCUT2D eigenvalue weighted by molar-refractivity contribution is 0.629. The van der Waals surface area contributed by atoms with Gasteiger partial charge in [0.1, 0.15) is 5.82 Å². The molecule has 0 radical (unpaired) electrons. The number of thioether (sulfide) groups is 1. The predicted molar refractivity (Wildman–Crippen MR) is 68.3 cm³/mol.